The largest absolute Gasteiger partial charge is 0.325 e. The van der Waals surface area contributed by atoms with Gasteiger partial charge in [-0.2, -0.15) is 5.10 Å². The first-order chi connectivity index (χ1) is 5.90. The molecule has 0 saturated carbocycles. The first-order valence-electron chi connectivity index (χ1n) is 4.71. The Morgan fingerprint density at radius 2 is 2.15 bits per heavy atom. The highest BCUT2D eigenvalue weighted by Gasteiger charge is 2.15. The maximum Gasteiger partial charge on any atom is 0.0492 e. The van der Waals surface area contributed by atoms with Crippen LogP contribution in [0.3, 0.4) is 0 Å². The third-order valence-electron chi connectivity index (χ3n) is 1.88. The molecule has 74 valence electrons. The van der Waals surface area contributed by atoms with E-state index in [1.165, 1.54) is 5.69 Å². The first-order valence-corrected chi connectivity index (χ1v) is 4.71. The molecule has 1 heterocycles. The number of nitrogens with zero attached hydrogens (tertiary/aromatic N) is 2. The van der Waals surface area contributed by atoms with Crippen molar-refractivity contribution < 1.29 is 0 Å². The summed E-state index contributed by atoms with van der Waals surface area (Å²) in [5.41, 5.74) is 7.01. The van der Waals surface area contributed by atoms with Gasteiger partial charge in [0.2, 0.25) is 0 Å². The molecular formula is C10H19N3. The van der Waals surface area contributed by atoms with Gasteiger partial charge in [0, 0.05) is 29.9 Å². The van der Waals surface area contributed by atoms with Crippen molar-refractivity contribution in [3.05, 3.63) is 18.0 Å². The Hall–Kier alpha value is -0.830. The fourth-order valence-electron chi connectivity index (χ4n) is 1.41. The van der Waals surface area contributed by atoms with Crippen molar-refractivity contribution in [3.63, 3.8) is 0 Å². The van der Waals surface area contributed by atoms with Gasteiger partial charge in [-0.3, -0.25) is 4.68 Å². The van der Waals surface area contributed by atoms with Crippen LogP contribution in [0.4, 0.5) is 0 Å². The first kappa shape index (κ1) is 10.3. The minimum Gasteiger partial charge on any atom is -0.325 e. The van der Waals surface area contributed by atoms with Gasteiger partial charge in [-0.05, 0) is 33.8 Å². The quantitative estimate of drug-likeness (QED) is 0.772. The Balaban J connectivity index is 2.83. The Kier molecular flexibility index (Phi) is 2.76. The smallest absolute Gasteiger partial charge is 0.0492 e. The molecule has 13 heavy (non-hydrogen) atoms. The standard InChI is InChI=1S/C10H19N3/c1-8(2)13-9(5-6-12-13)7-10(3,4)11/h5-6,8H,7,11H2,1-4H3. The molecule has 0 fully saturated rings. The monoisotopic (exact) mass is 181 g/mol. The van der Waals surface area contributed by atoms with Crippen molar-refractivity contribution in [1.29, 1.82) is 0 Å². The van der Waals surface area contributed by atoms with Crippen LogP contribution in [0.25, 0.3) is 0 Å². The van der Waals surface area contributed by atoms with E-state index >= 15 is 0 Å². The van der Waals surface area contributed by atoms with Crippen molar-refractivity contribution in [2.75, 3.05) is 0 Å². The summed E-state index contributed by atoms with van der Waals surface area (Å²) in [6.07, 6.45) is 2.70. The highest BCUT2D eigenvalue weighted by atomic mass is 15.3. The Labute approximate surface area is 79.9 Å². The molecule has 1 rings (SSSR count). The van der Waals surface area contributed by atoms with E-state index in [9.17, 15) is 0 Å². The molecule has 0 unspecified atom stereocenters. The molecule has 0 aliphatic carbocycles. The molecule has 0 amide bonds. The lowest BCUT2D eigenvalue weighted by Gasteiger charge is -2.20. The van der Waals surface area contributed by atoms with Gasteiger partial charge in [0.25, 0.3) is 0 Å². The van der Waals surface area contributed by atoms with E-state index in [1.54, 1.807) is 0 Å². The highest BCUT2D eigenvalue weighted by Crippen LogP contribution is 2.13. The van der Waals surface area contributed by atoms with Crippen molar-refractivity contribution >= 4 is 0 Å². The van der Waals surface area contributed by atoms with E-state index in [-0.39, 0.29) is 5.54 Å². The Morgan fingerprint density at radius 3 is 2.62 bits per heavy atom. The molecule has 0 aliphatic heterocycles. The maximum atomic E-state index is 5.95. The molecule has 0 radical (unpaired) electrons. The van der Waals surface area contributed by atoms with E-state index in [2.05, 4.69) is 18.9 Å². The minimum absolute atomic E-state index is 0.160. The Morgan fingerprint density at radius 1 is 1.54 bits per heavy atom. The summed E-state index contributed by atoms with van der Waals surface area (Å²) in [5, 5.41) is 4.26. The fraction of sp³-hybridized carbons (Fsp3) is 0.700. The number of nitrogens with two attached hydrogens (primary N) is 1. The van der Waals surface area contributed by atoms with Crippen LogP contribution >= 0.6 is 0 Å². The molecule has 1 aromatic heterocycles. The SMILES string of the molecule is CC(C)n1nccc1CC(C)(C)N. The van der Waals surface area contributed by atoms with Crippen LogP contribution in [-0.4, -0.2) is 15.3 Å². The van der Waals surface area contributed by atoms with Crippen molar-refractivity contribution in [3.8, 4) is 0 Å². The average Bonchev–Trinajstić information content (AvgIpc) is 2.31. The number of aromatic nitrogens is 2. The van der Waals surface area contributed by atoms with Crippen LogP contribution in [-0.2, 0) is 6.42 Å². The van der Waals surface area contributed by atoms with E-state index in [0.717, 1.165) is 6.42 Å². The second-order valence-electron chi connectivity index (χ2n) is 4.53. The summed E-state index contributed by atoms with van der Waals surface area (Å²) in [6.45, 7) is 8.31. The van der Waals surface area contributed by atoms with E-state index in [4.69, 9.17) is 5.73 Å². The van der Waals surface area contributed by atoms with Crippen molar-refractivity contribution in [2.24, 2.45) is 5.73 Å². The van der Waals surface area contributed by atoms with E-state index < -0.39 is 0 Å². The lowest BCUT2D eigenvalue weighted by atomic mass is 10.00. The van der Waals surface area contributed by atoms with Crippen LogP contribution in [0.15, 0.2) is 12.3 Å². The second-order valence-corrected chi connectivity index (χ2v) is 4.53. The summed E-state index contributed by atoms with van der Waals surface area (Å²) in [7, 11) is 0. The molecule has 0 bridgehead atoms. The number of hydrogen-bond acceptors (Lipinski definition) is 2. The summed E-state index contributed by atoms with van der Waals surface area (Å²) in [5.74, 6) is 0. The molecule has 0 spiro atoms. The zero-order valence-corrected chi connectivity index (χ0v) is 8.91. The van der Waals surface area contributed by atoms with Gasteiger partial charge in [-0.25, -0.2) is 0 Å². The van der Waals surface area contributed by atoms with Gasteiger partial charge < -0.3 is 5.73 Å². The van der Waals surface area contributed by atoms with Gasteiger partial charge in [0.05, 0.1) is 0 Å². The van der Waals surface area contributed by atoms with Crippen LogP contribution in [0, 0.1) is 0 Å². The van der Waals surface area contributed by atoms with Crippen molar-refractivity contribution in [1.82, 2.24) is 9.78 Å². The number of rotatable bonds is 3. The maximum absolute atomic E-state index is 5.95. The molecular weight excluding hydrogens is 162 g/mol. The summed E-state index contributed by atoms with van der Waals surface area (Å²) in [4.78, 5) is 0. The highest BCUT2D eigenvalue weighted by molar-refractivity contribution is 5.05. The average molecular weight is 181 g/mol. The Bertz CT molecular complexity index is 268. The molecule has 0 aliphatic rings. The van der Waals surface area contributed by atoms with Gasteiger partial charge >= 0.3 is 0 Å². The lowest BCUT2D eigenvalue weighted by molar-refractivity contribution is 0.454. The van der Waals surface area contributed by atoms with E-state index in [0.29, 0.717) is 6.04 Å². The molecule has 0 aromatic carbocycles. The molecule has 0 saturated heterocycles. The molecule has 2 N–H and O–H groups in total. The molecule has 3 heteroatoms. The zero-order chi connectivity index (χ0) is 10.1. The van der Waals surface area contributed by atoms with Gasteiger partial charge in [-0.1, -0.05) is 0 Å². The zero-order valence-electron chi connectivity index (χ0n) is 8.91. The summed E-state index contributed by atoms with van der Waals surface area (Å²) in [6, 6.07) is 2.45. The van der Waals surface area contributed by atoms with Crippen LogP contribution in [0.5, 0.6) is 0 Å². The van der Waals surface area contributed by atoms with Gasteiger partial charge in [-0.15, -0.1) is 0 Å². The predicted molar refractivity (Wildman–Crippen MR) is 54.6 cm³/mol. The number of hydrogen-bond donors (Lipinski definition) is 1. The molecule has 0 atom stereocenters. The molecule has 1 aromatic rings. The lowest BCUT2D eigenvalue weighted by Crippen LogP contribution is -2.35. The van der Waals surface area contributed by atoms with E-state index in [1.807, 2.05) is 30.8 Å². The minimum atomic E-state index is -0.160. The van der Waals surface area contributed by atoms with Gasteiger partial charge in [0.15, 0.2) is 0 Å². The second kappa shape index (κ2) is 3.50. The third kappa shape index (κ3) is 2.84. The normalized spacial score (nSPS) is 12.5. The van der Waals surface area contributed by atoms with Gasteiger partial charge in [0.1, 0.15) is 0 Å². The van der Waals surface area contributed by atoms with Crippen LogP contribution < -0.4 is 5.73 Å². The van der Waals surface area contributed by atoms with Crippen LogP contribution in [0.2, 0.25) is 0 Å². The predicted octanol–water partition coefficient (Wildman–Crippen LogP) is 1.74. The fourth-order valence-corrected chi connectivity index (χ4v) is 1.41. The molecule has 3 nitrogen and oxygen atoms in total. The van der Waals surface area contributed by atoms with Crippen LogP contribution in [0.1, 0.15) is 39.4 Å². The third-order valence-corrected chi connectivity index (χ3v) is 1.88. The topological polar surface area (TPSA) is 43.8 Å². The summed E-state index contributed by atoms with van der Waals surface area (Å²) < 4.78 is 2.02. The summed E-state index contributed by atoms with van der Waals surface area (Å²) >= 11 is 0. The van der Waals surface area contributed by atoms with Crippen molar-refractivity contribution in [2.45, 2.75) is 45.7 Å².